The van der Waals surface area contributed by atoms with Crippen molar-refractivity contribution in [2.45, 2.75) is 91.6 Å². The molecule has 4 N–H and O–H groups in total. The van der Waals surface area contributed by atoms with Crippen LogP contribution in [0.4, 0.5) is 0 Å². The van der Waals surface area contributed by atoms with Crippen LogP contribution in [-0.2, 0) is 20.9 Å². The minimum absolute atomic E-state index is 0.0496. The van der Waals surface area contributed by atoms with E-state index in [4.69, 9.17) is 0 Å². The molecule has 0 saturated carbocycles. The molecule has 3 rings (SSSR count). The van der Waals surface area contributed by atoms with E-state index < -0.39 is 6.04 Å². The summed E-state index contributed by atoms with van der Waals surface area (Å²) in [4.78, 5) is 69.1. The van der Waals surface area contributed by atoms with E-state index in [1.807, 2.05) is 13.8 Å². The molecule has 42 heavy (non-hydrogen) atoms. The van der Waals surface area contributed by atoms with Crippen molar-refractivity contribution < 1.29 is 19.2 Å². The van der Waals surface area contributed by atoms with Gasteiger partial charge < -0.3 is 25.8 Å². The third-order valence-electron chi connectivity index (χ3n) is 7.95. The molecule has 1 aromatic carbocycles. The van der Waals surface area contributed by atoms with Crippen LogP contribution in [0.2, 0.25) is 0 Å². The first-order chi connectivity index (χ1) is 20.1. The van der Waals surface area contributed by atoms with Gasteiger partial charge in [0.15, 0.2) is 0 Å². The number of nitrogens with one attached hydrogen (secondary N) is 4. The van der Waals surface area contributed by atoms with Crippen LogP contribution in [-0.4, -0.2) is 70.3 Å². The lowest BCUT2D eigenvalue weighted by atomic mass is 9.98. The number of fused-ring (bicyclic) bond motifs is 1. The van der Waals surface area contributed by atoms with Crippen LogP contribution < -0.4 is 21.6 Å². The molecule has 1 aromatic heterocycles. The van der Waals surface area contributed by atoms with Crippen LogP contribution in [0.5, 0.6) is 0 Å². The molecule has 0 fully saturated rings. The summed E-state index contributed by atoms with van der Waals surface area (Å²) < 4.78 is 1.57. The van der Waals surface area contributed by atoms with Gasteiger partial charge in [0.2, 0.25) is 17.7 Å². The fourth-order valence-electron chi connectivity index (χ4n) is 5.21. The zero-order chi connectivity index (χ0) is 30.6. The molecular formula is C31H48N6O5. The number of carbonyl (C=O) groups excluding carboxylic acids is 4. The Kier molecular flexibility index (Phi) is 12.6. The van der Waals surface area contributed by atoms with Crippen LogP contribution in [0.1, 0.15) is 89.4 Å². The Hall–Kier alpha value is -3.63. The second kappa shape index (κ2) is 16.1. The minimum atomic E-state index is -0.666. The van der Waals surface area contributed by atoms with Crippen LogP contribution in [0.25, 0.3) is 11.0 Å². The summed E-state index contributed by atoms with van der Waals surface area (Å²) in [7, 11) is 0. The van der Waals surface area contributed by atoms with Crippen molar-refractivity contribution in [3.63, 3.8) is 0 Å². The van der Waals surface area contributed by atoms with Crippen molar-refractivity contribution in [1.29, 1.82) is 0 Å². The van der Waals surface area contributed by atoms with Crippen LogP contribution >= 0.6 is 0 Å². The van der Waals surface area contributed by atoms with Crippen molar-refractivity contribution >= 4 is 34.7 Å². The number of rotatable bonds is 6. The molecule has 0 radical (unpaired) electrons. The van der Waals surface area contributed by atoms with E-state index >= 15 is 0 Å². The standard InChI is InChI=1S/C31H48N6O5/c1-5-22(4)28-30(41)33-16-9-19-37-25-20-23(13-14-24(25)34-31(37)42)29(40)32-15-8-18-36(17-7-11-26(38)35-28)27(39)12-6-10-21(2)3/h13-14,20-22,28H,5-12,15-19H2,1-4H3,(H,32,40)(H,33,41)(H,34,42)(H,35,38)/t22-,28-/m0/s1. The van der Waals surface area contributed by atoms with Gasteiger partial charge in [-0.15, -0.1) is 0 Å². The number of amides is 4. The molecule has 0 spiro atoms. The number of carbonyl (C=O) groups is 4. The van der Waals surface area contributed by atoms with Gasteiger partial charge in [-0.3, -0.25) is 23.7 Å². The third-order valence-corrected chi connectivity index (χ3v) is 7.95. The highest BCUT2D eigenvalue weighted by atomic mass is 16.2. The molecule has 2 heterocycles. The predicted molar refractivity (Wildman–Crippen MR) is 163 cm³/mol. The summed E-state index contributed by atoms with van der Waals surface area (Å²) in [5.74, 6) is -0.219. The van der Waals surface area contributed by atoms with E-state index in [1.165, 1.54) is 0 Å². The predicted octanol–water partition coefficient (Wildman–Crippen LogP) is 2.94. The maximum absolute atomic E-state index is 13.1. The van der Waals surface area contributed by atoms with E-state index in [0.29, 0.717) is 80.9 Å². The Labute approximate surface area is 248 Å². The van der Waals surface area contributed by atoms with E-state index in [-0.39, 0.29) is 41.7 Å². The molecule has 2 atom stereocenters. The van der Waals surface area contributed by atoms with E-state index in [0.717, 1.165) is 19.3 Å². The SMILES string of the molecule is CC[C@H](C)[C@@H]1NC(=O)CCCN(C(=O)CCCC(C)C)CCCNC(=O)c2ccc3[nH]c(=O)n(c3c2)CCCNC1=O. The summed E-state index contributed by atoms with van der Waals surface area (Å²) in [5.41, 5.74) is 1.41. The maximum Gasteiger partial charge on any atom is 0.326 e. The third kappa shape index (κ3) is 9.46. The number of nitrogens with zero attached hydrogens (tertiary/aromatic N) is 2. The minimum Gasteiger partial charge on any atom is -0.354 e. The average Bonchev–Trinajstić information content (AvgIpc) is 3.27. The number of benzene rings is 1. The van der Waals surface area contributed by atoms with E-state index in [1.54, 1.807) is 27.7 Å². The largest absolute Gasteiger partial charge is 0.354 e. The molecule has 2 bridgehead atoms. The smallest absolute Gasteiger partial charge is 0.326 e. The number of imidazole rings is 1. The number of aromatic amines is 1. The second-order valence-corrected chi connectivity index (χ2v) is 11.8. The van der Waals surface area contributed by atoms with Gasteiger partial charge in [-0.2, -0.15) is 0 Å². The highest BCUT2D eigenvalue weighted by Gasteiger charge is 2.26. The topological polar surface area (TPSA) is 145 Å². The Morgan fingerprint density at radius 3 is 2.43 bits per heavy atom. The van der Waals surface area contributed by atoms with Gasteiger partial charge in [0, 0.05) is 51.1 Å². The van der Waals surface area contributed by atoms with Crippen LogP contribution in [0, 0.1) is 11.8 Å². The van der Waals surface area contributed by atoms with E-state index in [2.05, 4.69) is 34.8 Å². The highest BCUT2D eigenvalue weighted by molar-refractivity contribution is 5.97. The molecule has 1 aliphatic rings. The Balaban J connectivity index is 1.79. The quantitative estimate of drug-likeness (QED) is 0.413. The van der Waals surface area contributed by atoms with Crippen molar-refractivity contribution in [3.8, 4) is 0 Å². The lowest BCUT2D eigenvalue weighted by molar-refractivity contribution is -0.132. The van der Waals surface area contributed by atoms with E-state index in [9.17, 15) is 24.0 Å². The first-order valence-corrected chi connectivity index (χ1v) is 15.5. The fraction of sp³-hybridized carbons (Fsp3) is 0.645. The summed E-state index contributed by atoms with van der Waals surface area (Å²) in [6.07, 6.45) is 4.70. The molecule has 2 aromatic rings. The Morgan fingerprint density at radius 2 is 1.69 bits per heavy atom. The number of aromatic nitrogens is 2. The van der Waals surface area contributed by atoms with Crippen molar-refractivity contribution in [2.24, 2.45) is 11.8 Å². The molecule has 232 valence electrons. The Bertz CT molecular complexity index is 1280. The zero-order valence-electron chi connectivity index (χ0n) is 25.6. The second-order valence-electron chi connectivity index (χ2n) is 11.8. The number of H-pyrrole nitrogens is 1. The van der Waals surface area contributed by atoms with Crippen LogP contribution in [0.3, 0.4) is 0 Å². The molecule has 11 nitrogen and oxygen atoms in total. The number of hydrogen-bond donors (Lipinski definition) is 4. The van der Waals surface area contributed by atoms with Crippen LogP contribution in [0.15, 0.2) is 23.0 Å². The van der Waals surface area contributed by atoms with Crippen molar-refractivity contribution in [3.05, 3.63) is 34.2 Å². The maximum atomic E-state index is 13.1. The van der Waals surface area contributed by atoms with Gasteiger partial charge in [0.25, 0.3) is 5.91 Å². The van der Waals surface area contributed by atoms with Gasteiger partial charge in [-0.05, 0) is 55.7 Å². The highest BCUT2D eigenvalue weighted by Crippen LogP contribution is 2.15. The molecule has 4 amide bonds. The fourth-order valence-corrected chi connectivity index (χ4v) is 5.21. The normalized spacial score (nSPS) is 19.2. The summed E-state index contributed by atoms with van der Waals surface area (Å²) in [6.45, 7) is 10.1. The van der Waals surface area contributed by atoms with Crippen molar-refractivity contribution in [1.82, 2.24) is 30.4 Å². The first kappa shape index (κ1) is 32.9. The molecule has 0 aliphatic carbocycles. The van der Waals surface area contributed by atoms with Gasteiger partial charge in [0.05, 0.1) is 11.0 Å². The molecule has 11 heteroatoms. The molecule has 1 aliphatic heterocycles. The number of aryl methyl sites for hydroxylation is 1. The van der Waals surface area contributed by atoms with Gasteiger partial charge >= 0.3 is 5.69 Å². The monoisotopic (exact) mass is 584 g/mol. The summed E-state index contributed by atoms with van der Waals surface area (Å²) in [6, 6.07) is 4.43. The molecule has 0 unspecified atom stereocenters. The molecular weight excluding hydrogens is 536 g/mol. The summed E-state index contributed by atoms with van der Waals surface area (Å²) in [5, 5.41) is 8.74. The lowest BCUT2D eigenvalue weighted by Gasteiger charge is -2.25. The van der Waals surface area contributed by atoms with Gasteiger partial charge in [-0.1, -0.05) is 40.5 Å². The average molecular weight is 585 g/mol. The van der Waals surface area contributed by atoms with Gasteiger partial charge in [-0.25, -0.2) is 4.79 Å². The molecule has 0 saturated heterocycles. The Morgan fingerprint density at radius 1 is 0.976 bits per heavy atom. The summed E-state index contributed by atoms with van der Waals surface area (Å²) >= 11 is 0. The zero-order valence-corrected chi connectivity index (χ0v) is 25.6. The van der Waals surface area contributed by atoms with Gasteiger partial charge in [0.1, 0.15) is 6.04 Å². The number of hydrogen-bond acceptors (Lipinski definition) is 5. The van der Waals surface area contributed by atoms with Crippen molar-refractivity contribution in [2.75, 3.05) is 26.2 Å². The lowest BCUT2D eigenvalue weighted by Crippen LogP contribution is -2.50. The first-order valence-electron chi connectivity index (χ1n) is 15.5.